The molecule has 1 unspecified atom stereocenters. The molecule has 88 heavy (non-hydrogen) atoms. The number of carbonyl (C=O) groups is 12. The van der Waals surface area contributed by atoms with E-state index in [1.807, 2.05) is 19.1 Å². The number of rotatable bonds is 58. The number of carbonyl (C=O) groups excluding carboxylic acids is 8. The largest absolute Gasteiger partial charge is 0.481 e. The minimum Gasteiger partial charge on any atom is -0.481 e. The number of anilines is 1. The fraction of sp³-hybridized carbons (Fsp3) is 0.714. The van der Waals surface area contributed by atoms with Crippen molar-refractivity contribution in [2.24, 2.45) is 5.92 Å². The number of aliphatic carboxylic acids is 4. The number of amides is 4. The highest BCUT2D eigenvalue weighted by Crippen LogP contribution is 2.15. The summed E-state index contributed by atoms with van der Waals surface area (Å²) < 4.78 is 21.2. The fourth-order valence-electron chi connectivity index (χ4n) is 8.49. The van der Waals surface area contributed by atoms with Crippen LogP contribution in [0, 0.1) is 5.92 Å². The zero-order valence-corrected chi connectivity index (χ0v) is 52.4. The summed E-state index contributed by atoms with van der Waals surface area (Å²) >= 11 is 0. The summed E-state index contributed by atoms with van der Waals surface area (Å²) in [7, 11) is 0. The summed E-state index contributed by atoms with van der Waals surface area (Å²) in [4.78, 5) is 139. The third-order valence-electron chi connectivity index (χ3n) is 13.6. The number of unbranched alkanes of at least 4 members (excludes halogenated alkanes) is 13. The van der Waals surface area contributed by atoms with Crippen LogP contribution in [0.5, 0.6) is 0 Å². The molecule has 500 valence electrons. The van der Waals surface area contributed by atoms with Gasteiger partial charge in [0, 0.05) is 88.9 Å². The van der Waals surface area contributed by atoms with Crippen LogP contribution in [0.3, 0.4) is 0 Å². The van der Waals surface area contributed by atoms with Crippen LogP contribution < -0.4 is 26.6 Å². The van der Waals surface area contributed by atoms with Crippen molar-refractivity contribution in [3.63, 3.8) is 0 Å². The molecule has 0 aromatic heterocycles. The lowest BCUT2D eigenvalue weighted by molar-refractivity contribution is -0.149. The van der Waals surface area contributed by atoms with Gasteiger partial charge in [0.25, 0.3) is 5.91 Å². The number of nitrogens with one attached hydrogen (secondary N) is 5. The molecule has 1 aromatic rings. The van der Waals surface area contributed by atoms with E-state index in [1.165, 1.54) is 26.2 Å². The molecule has 1 rings (SSSR count). The minimum atomic E-state index is -1.35. The van der Waals surface area contributed by atoms with E-state index in [-0.39, 0.29) is 107 Å². The second kappa shape index (κ2) is 54.5. The molecule has 1 aromatic carbocycles. The normalized spacial score (nSPS) is 11.9. The van der Waals surface area contributed by atoms with Crippen molar-refractivity contribution in [3.05, 3.63) is 29.8 Å². The SMILES string of the molecule is CC(CC(=O)CC[C@H](NC(=O)COCCOCCCC(=O)CC[C@H](NC(=O)CCCCCCCCCCCCCCCCC(=O)C(=O)O)C(=O)O)C(=O)O)C(=O)O.CCCNc1ccc(C(=O)NCCCC(=O)COCCOCCNC(=O)CCC)cc1. The monoisotopic (exact) mass is 1250 g/mol. The topological polar surface area (TPSA) is 383 Å². The van der Waals surface area contributed by atoms with Crippen LogP contribution in [0.15, 0.2) is 24.3 Å². The van der Waals surface area contributed by atoms with Crippen LogP contribution in [0.1, 0.15) is 211 Å². The number of ether oxygens (including phenoxy) is 4. The lowest BCUT2D eigenvalue weighted by atomic mass is 10.00. The van der Waals surface area contributed by atoms with E-state index >= 15 is 0 Å². The van der Waals surface area contributed by atoms with Crippen molar-refractivity contribution in [1.82, 2.24) is 21.3 Å². The van der Waals surface area contributed by atoms with Gasteiger partial charge in [-0.05, 0) is 75.6 Å². The summed E-state index contributed by atoms with van der Waals surface area (Å²) in [6, 6.07) is 4.86. The van der Waals surface area contributed by atoms with Gasteiger partial charge >= 0.3 is 23.9 Å². The standard InChI is InChI=1S/C40H66N2O15.C23H37N3O5/c1-29(37(48)49)27-31(44)21-23-33(39(52)53)42-36(47)28-57-26-25-56-24-16-17-30(43)20-22-32(38(50)51)41-35(46)19-15-13-11-9-7-5-3-2-4-6-8-10-12-14-18-34(45)40(54)55;1-3-6-22(28)25-14-15-30-16-17-31-18-21(27)7-5-13-26-23(29)19-8-10-20(11-9-19)24-12-4-2/h29,32-33H,2-28H2,1H3,(H,41,46)(H,42,47)(H,48,49)(H,50,51)(H,52,53)(H,54,55);8-11,24H,3-7,12-18H2,1-2H3,(H,25,28)(H,26,29)/t29?,32-,33-;/m0./s1. The van der Waals surface area contributed by atoms with Crippen LogP contribution in [-0.4, -0.2) is 176 Å². The number of carboxylic acids is 4. The maximum Gasteiger partial charge on any atom is 0.372 e. The highest BCUT2D eigenvalue weighted by molar-refractivity contribution is 6.32. The Bertz CT molecular complexity index is 2190. The molecule has 0 radical (unpaired) electrons. The molecule has 0 aliphatic heterocycles. The Morgan fingerprint density at radius 2 is 0.920 bits per heavy atom. The number of Topliss-reactive ketones (excluding diaryl/α,β-unsaturated/α-hetero) is 4. The zero-order valence-electron chi connectivity index (χ0n) is 52.4. The van der Waals surface area contributed by atoms with Crippen LogP contribution in [0.4, 0.5) is 5.69 Å². The summed E-state index contributed by atoms with van der Waals surface area (Å²) in [5.41, 5.74) is 1.59. The van der Waals surface area contributed by atoms with Crippen molar-refractivity contribution < 1.29 is 96.9 Å². The van der Waals surface area contributed by atoms with E-state index in [4.69, 9.17) is 29.2 Å². The van der Waals surface area contributed by atoms with Gasteiger partial charge in [-0.1, -0.05) is 97.8 Å². The van der Waals surface area contributed by atoms with Gasteiger partial charge in [-0.15, -0.1) is 0 Å². The quantitative estimate of drug-likeness (QED) is 0.0230. The lowest BCUT2D eigenvalue weighted by Gasteiger charge is -2.15. The van der Waals surface area contributed by atoms with Crippen molar-refractivity contribution in [2.75, 3.05) is 77.8 Å². The second-order valence-electron chi connectivity index (χ2n) is 21.6. The van der Waals surface area contributed by atoms with E-state index in [1.54, 1.807) is 12.1 Å². The molecule has 9 N–H and O–H groups in total. The van der Waals surface area contributed by atoms with Gasteiger partial charge < -0.3 is 66.0 Å². The first kappa shape index (κ1) is 81.3. The number of benzene rings is 1. The molecule has 0 bridgehead atoms. The molecular weight excluding hydrogens is 1150 g/mol. The van der Waals surface area contributed by atoms with E-state index in [0.29, 0.717) is 77.0 Å². The van der Waals surface area contributed by atoms with Crippen molar-refractivity contribution in [3.8, 4) is 0 Å². The Morgan fingerprint density at radius 1 is 0.420 bits per heavy atom. The van der Waals surface area contributed by atoms with E-state index in [0.717, 1.165) is 82.9 Å². The van der Waals surface area contributed by atoms with Gasteiger partial charge in [0.2, 0.25) is 23.5 Å². The minimum absolute atomic E-state index is 0.00701. The van der Waals surface area contributed by atoms with Crippen molar-refractivity contribution in [2.45, 2.75) is 213 Å². The van der Waals surface area contributed by atoms with Gasteiger partial charge in [0.1, 0.15) is 36.9 Å². The smallest absolute Gasteiger partial charge is 0.372 e. The van der Waals surface area contributed by atoms with Gasteiger partial charge in [-0.3, -0.25) is 43.2 Å². The maximum atomic E-state index is 12.3. The Labute approximate surface area is 519 Å². The molecule has 0 heterocycles. The Kier molecular flexibility index (Phi) is 50.3. The van der Waals surface area contributed by atoms with Crippen LogP contribution in [-0.2, 0) is 71.7 Å². The predicted octanol–water partition coefficient (Wildman–Crippen LogP) is 7.18. The Hall–Kier alpha value is -6.70. The maximum absolute atomic E-state index is 12.3. The van der Waals surface area contributed by atoms with E-state index in [9.17, 15) is 67.7 Å². The molecule has 0 saturated heterocycles. The van der Waals surface area contributed by atoms with E-state index in [2.05, 4.69) is 33.5 Å². The molecule has 25 heteroatoms. The van der Waals surface area contributed by atoms with Crippen molar-refractivity contribution >= 4 is 76.3 Å². The van der Waals surface area contributed by atoms with Crippen LogP contribution in [0.2, 0.25) is 0 Å². The summed E-state index contributed by atoms with van der Waals surface area (Å²) in [6.45, 7) is 8.27. The average molecular weight is 1250 g/mol. The third kappa shape index (κ3) is 48.3. The highest BCUT2D eigenvalue weighted by atomic mass is 16.5. The lowest BCUT2D eigenvalue weighted by Crippen LogP contribution is -2.42. The second-order valence-corrected chi connectivity index (χ2v) is 21.6. The fourth-order valence-corrected chi connectivity index (χ4v) is 8.49. The molecule has 0 aliphatic carbocycles. The molecule has 0 fully saturated rings. The highest BCUT2D eigenvalue weighted by Gasteiger charge is 2.24. The van der Waals surface area contributed by atoms with E-state index < -0.39 is 66.0 Å². The van der Waals surface area contributed by atoms with Gasteiger partial charge in [-0.2, -0.15) is 0 Å². The molecule has 3 atom stereocenters. The average Bonchev–Trinajstić information content (AvgIpc) is 3.68. The number of hydrogen-bond donors (Lipinski definition) is 9. The van der Waals surface area contributed by atoms with Gasteiger partial charge in [0.05, 0.1) is 39.0 Å². The summed E-state index contributed by atoms with van der Waals surface area (Å²) in [5.74, 6) is -8.40. The Morgan fingerprint density at radius 3 is 1.45 bits per heavy atom. The zero-order chi connectivity index (χ0) is 65.6. The molecule has 4 amide bonds. The molecule has 25 nitrogen and oxygen atoms in total. The first-order chi connectivity index (χ1) is 42.2. The number of carboxylic acid groups (broad SMARTS) is 4. The van der Waals surface area contributed by atoms with Gasteiger partial charge in [0.15, 0.2) is 5.78 Å². The molecule has 0 spiro atoms. The molecule has 0 saturated carbocycles. The number of hydrogen-bond acceptors (Lipinski definition) is 17. The Balaban J connectivity index is 0.00000204. The molecular formula is C63H103N5O20. The van der Waals surface area contributed by atoms with Crippen molar-refractivity contribution in [1.29, 1.82) is 0 Å². The third-order valence-corrected chi connectivity index (χ3v) is 13.6. The van der Waals surface area contributed by atoms with Crippen LogP contribution >= 0.6 is 0 Å². The predicted molar refractivity (Wildman–Crippen MR) is 328 cm³/mol. The van der Waals surface area contributed by atoms with Crippen LogP contribution in [0.25, 0.3) is 0 Å². The molecule has 0 aliphatic rings. The number of ketones is 4. The van der Waals surface area contributed by atoms with Gasteiger partial charge in [-0.25, -0.2) is 14.4 Å². The first-order valence-corrected chi connectivity index (χ1v) is 31.5. The summed E-state index contributed by atoms with van der Waals surface area (Å²) in [5, 5.41) is 49.9. The summed E-state index contributed by atoms with van der Waals surface area (Å²) in [6.07, 6.45) is 17.8. The first-order valence-electron chi connectivity index (χ1n) is 31.5.